The Morgan fingerprint density at radius 2 is 1.40 bits per heavy atom. The Morgan fingerprint density at radius 1 is 0.700 bits per heavy atom. The molecule has 3 saturated carbocycles. The van der Waals surface area contributed by atoms with Crippen molar-refractivity contribution in [2.24, 2.45) is 46.3 Å². The molecule has 60 heavy (non-hydrogen) atoms. The highest BCUT2D eigenvalue weighted by atomic mass is 16.8. The van der Waals surface area contributed by atoms with E-state index < -0.39 is 105 Å². The number of fused-ring (bicyclic) bond motifs is 7. The lowest BCUT2D eigenvalue weighted by Gasteiger charge is -2.58. The van der Waals surface area contributed by atoms with Crippen LogP contribution in [0.1, 0.15) is 92.4 Å². The average Bonchev–Trinajstić information content (AvgIpc) is 3.79. The van der Waals surface area contributed by atoms with Crippen molar-refractivity contribution < 1.29 is 78.7 Å². The Labute approximate surface area is 352 Å². The molecule has 8 N–H and O–H groups in total. The number of aliphatic hydroxyl groups is 8. The van der Waals surface area contributed by atoms with E-state index in [1.807, 2.05) is 0 Å². The van der Waals surface area contributed by atoms with Crippen LogP contribution in [0.2, 0.25) is 0 Å². The zero-order chi connectivity index (χ0) is 42.6. The minimum atomic E-state index is -1.70. The molecule has 0 aromatic rings. The number of ether oxygens (including phenoxy) is 8. The van der Waals surface area contributed by atoms with Crippen LogP contribution >= 0.6 is 0 Å². The molecule has 342 valence electrons. The lowest BCUT2D eigenvalue weighted by molar-refractivity contribution is -0.380. The molecule has 25 atom stereocenters. The van der Waals surface area contributed by atoms with E-state index in [2.05, 4.69) is 33.8 Å². The zero-order valence-electron chi connectivity index (χ0n) is 35.6. The van der Waals surface area contributed by atoms with Crippen LogP contribution < -0.4 is 0 Å². The number of hydrogen-bond acceptors (Lipinski definition) is 16. The van der Waals surface area contributed by atoms with Crippen molar-refractivity contribution in [1.82, 2.24) is 0 Å². The van der Waals surface area contributed by atoms with E-state index in [1.165, 1.54) is 18.9 Å². The molecule has 8 fully saturated rings. The third-order valence-electron chi connectivity index (χ3n) is 17.3. The van der Waals surface area contributed by atoms with E-state index in [1.54, 1.807) is 0 Å². The van der Waals surface area contributed by atoms with Gasteiger partial charge >= 0.3 is 0 Å². The van der Waals surface area contributed by atoms with Crippen LogP contribution in [0.4, 0.5) is 0 Å². The molecule has 0 aromatic heterocycles. The van der Waals surface area contributed by atoms with Gasteiger partial charge in [0.25, 0.3) is 0 Å². The van der Waals surface area contributed by atoms with Gasteiger partial charge in [0.1, 0.15) is 61.0 Å². The van der Waals surface area contributed by atoms with Gasteiger partial charge in [0.15, 0.2) is 24.7 Å². The molecular formula is C44H70O16. The van der Waals surface area contributed by atoms with Crippen molar-refractivity contribution >= 4 is 0 Å². The first kappa shape index (κ1) is 44.3. The lowest BCUT2D eigenvalue weighted by Crippen LogP contribution is -2.65. The standard InChI is InChI=1S/C44H70O16/c1-19-8-13-44(53-18-19)20(2)30-27(60-44)15-26-24-7-6-22-14-23(9-11-42(22,4)25(24)10-12-43(26,30)5)55-41-38(59-39-35(51)33(49)31(47)21(3)54-39)36(52)37(29(17-46)57-41)58-40-34(50)32(48)28(16-45)56-40/h6,19-21,23-41,45-52H,7-18H2,1-5H3/t19-,20+,21-,23+,24-,25+,26+,27+,28-,29-,30+,31-,32-,33+,34+,35-,36+,37-,38-,39+,40-,41-,42+,43+,44-/m1/s1. The van der Waals surface area contributed by atoms with Crippen molar-refractivity contribution in [3.05, 3.63) is 11.6 Å². The largest absolute Gasteiger partial charge is 0.394 e. The molecule has 9 rings (SSSR count). The number of hydrogen-bond donors (Lipinski definition) is 8. The van der Waals surface area contributed by atoms with Gasteiger partial charge < -0.3 is 78.7 Å². The van der Waals surface area contributed by atoms with E-state index >= 15 is 0 Å². The van der Waals surface area contributed by atoms with E-state index in [9.17, 15) is 40.9 Å². The third-order valence-corrected chi connectivity index (χ3v) is 17.3. The van der Waals surface area contributed by atoms with E-state index in [4.69, 9.17) is 37.9 Å². The van der Waals surface area contributed by atoms with Crippen LogP contribution in [-0.2, 0) is 37.9 Å². The Bertz CT molecular complexity index is 1560. The summed E-state index contributed by atoms with van der Waals surface area (Å²) in [6.45, 7) is 10.7. The summed E-state index contributed by atoms with van der Waals surface area (Å²) in [5.74, 6) is 2.65. The Balaban J connectivity index is 0.913. The second-order valence-corrected chi connectivity index (χ2v) is 20.6. The van der Waals surface area contributed by atoms with E-state index in [0.29, 0.717) is 48.3 Å². The molecule has 1 spiro atoms. The topological polar surface area (TPSA) is 236 Å². The molecule has 0 bridgehead atoms. The first-order chi connectivity index (χ1) is 28.5. The van der Waals surface area contributed by atoms with Crippen molar-refractivity contribution in [3.63, 3.8) is 0 Å². The summed E-state index contributed by atoms with van der Waals surface area (Å²) in [4.78, 5) is 0. The summed E-state index contributed by atoms with van der Waals surface area (Å²) >= 11 is 0. The fourth-order valence-corrected chi connectivity index (χ4v) is 13.8. The second kappa shape index (κ2) is 16.5. The third kappa shape index (κ3) is 7.10. The molecular weight excluding hydrogens is 784 g/mol. The summed E-state index contributed by atoms with van der Waals surface area (Å²) in [6, 6.07) is 0. The molecule has 4 aliphatic carbocycles. The van der Waals surface area contributed by atoms with Crippen LogP contribution in [0.5, 0.6) is 0 Å². The first-order valence-electron chi connectivity index (χ1n) is 22.8. The monoisotopic (exact) mass is 854 g/mol. The van der Waals surface area contributed by atoms with Crippen molar-refractivity contribution in [3.8, 4) is 0 Å². The fourth-order valence-electron chi connectivity index (χ4n) is 13.8. The van der Waals surface area contributed by atoms with Crippen LogP contribution in [0.25, 0.3) is 0 Å². The molecule has 5 saturated heterocycles. The van der Waals surface area contributed by atoms with Gasteiger partial charge in [-0.3, -0.25) is 0 Å². The number of aliphatic hydroxyl groups excluding tert-OH is 8. The molecule has 0 unspecified atom stereocenters. The average molecular weight is 855 g/mol. The summed E-state index contributed by atoms with van der Waals surface area (Å²) in [5, 5.41) is 84.8. The van der Waals surface area contributed by atoms with Gasteiger partial charge in [-0.05, 0) is 98.7 Å². The summed E-state index contributed by atoms with van der Waals surface area (Å²) in [7, 11) is 0. The number of allylic oxidation sites excluding steroid dienone is 1. The first-order valence-corrected chi connectivity index (χ1v) is 22.8. The minimum Gasteiger partial charge on any atom is -0.394 e. The predicted octanol–water partition coefficient (Wildman–Crippen LogP) is 0.853. The highest BCUT2D eigenvalue weighted by Gasteiger charge is 2.69. The highest BCUT2D eigenvalue weighted by molar-refractivity contribution is 5.26. The zero-order valence-corrected chi connectivity index (χ0v) is 35.6. The van der Waals surface area contributed by atoms with Crippen molar-refractivity contribution in [1.29, 1.82) is 0 Å². The Kier molecular flexibility index (Phi) is 12.2. The second-order valence-electron chi connectivity index (χ2n) is 20.6. The quantitative estimate of drug-likeness (QED) is 0.158. The predicted molar refractivity (Wildman–Crippen MR) is 208 cm³/mol. The van der Waals surface area contributed by atoms with Gasteiger partial charge in [-0.25, -0.2) is 0 Å². The van der Waals surface area contributed by atoms with Gasteiger partial charge in [-0.2, -0.15) is 0 Å². The van der Waals surface area contributed by atoms with Crippen molar-refractivity contribution in [2.75, 3.05) is 19.8 Å². The molecule has 16 heteroatoms. The Hall–Kier alpha value is -0.900. The van der Waals surface area contributed by atoms with Gasteiger partial charge in [0.2, 0.25) is 0 Å². The molecule has 0 radical (unpaired) electrons. The summed E-state index contributed by atoms with van der Waals surface area (Å²) in [5.41, 5.74) is 1.54. The highest BCUT2D eigenvalue weighted by Crippen LogP contribution is 2.70. The van der Waals surface area contributed by atoms with Gasteiger partial charge in [0, 0.05) is 12.3 Å². The Morgan fingerprint density at radius 3 is 2.10 bits per heavy atom. The fraction of sp³-hybridized carbons (Fsp3) is 0.955. The van der Waals surface area contributed by atoms with Gasteiger partial charge in [0.05, 0.1) is 38.1 Å². The van der Waals surface area contributed by atoms with Crippen LogP contribution in [0.15, 0.2) is 11.6 Å². The van der Waals surface area contributed by atoms with Crippen LogP contribution in [-0.4, -0.2) is 165 Å². The molecule has 5 heterocycles. The summed E-state index contributed by atoms with van der Waals surface area (Å²) in [6.07, 6.45) is -8.79. The maximum atomic E-state index is 11.9. The maximum Gasteiger partial charge on any atom is 0.187 e. The maximum absolute atomic E-state index is 11.9. The van der Waals surface area contributed by atoms with Crippen molar-refractivity contribution in [2.45, 2.75) is 196 Å². The minimum absolute atomic E-state index is 0.0141. The van der Waals surface area contributed by atoms with E-state index in [-0.39, 0.29) is 23.0 Å². The SMILES string of the molecule is C[C@@H]1CC[C@@]2(OC1)O[C@H]1C[C@H]3[C@@H]4CC=C5C[C@@H](O[C@@H]6O[C@H](CO)[C@@H](O[C@H]7O[C@H](CO)[C@@H](O)[C@@H]7O)[C@H](O)[C@H]6O[C@@H]6O[C@H](C)[C@@H](O)[C@H](O)[C@H]6O)CC[C@]5(C)[C@H]4CC[C@]3(C)[C@H]1[C@@H]2C. The normalized spacial score (nSPS) is 57.7. The molecule has 0 amide bonds. The molecule has 16 nitrogen and oxygen atoms in total. The lowest BCUT2D eigenvalue weighted by atomic mass is 9.47. The molecule has 9 aliphatic rings. The van der Waals surface area contributed by atoms with Gasteiger partial charge in [-0.15, -0.1) is 0 Å². The number of rotatable bonds is 8. The van der Waals surface area contributed by atoms with Crippen LogP contribution in [0, 0.1) is 46.3 Å². The molecule has 0 aromatic carbocycles. The summed E-state index contributed by atoms with van der Waals surface area (Å²) < 4.78 is 49.9. The van der Waals surface area contributed by atoms with Crippen LogP contribution in [0.3, 0.4) is 0 Å². The smallest absolute Gasteiger partial charge is 0.187 e. The van der Waals surface area contributed by atoms with Gasteiger partial charge in [-0.1, -0.05) is 39.3 Å². The van der Waals surface area contributed by atoms with E-state index in [0.717, 1.165) is 45.1 Å². The molecule has 5 aliphatic heterocycles.